The molecule has 0 spiro atoms. The van der Waals surface area contributed by atoms with E-state index in [0.717, 1.165) is 66.9 Å². The van der Waals surface area contributed by atoms with Crippen LogP contribution in [0.3, 0.4) is 0 Å². The van der Waals surface area contributed by atoms with Gasteiger partial charge in [0, 0.05) is 48.5 Å². The second-order valence-corrected chi connectivity index (χ2v) is 15.7. The fourth-order valence-electron chi connectivity index (χ4n) is 5.79. The zero-order valence-corrected chi connectivity index (χ0v) is 37.9. The molecule has 1 aliphatic heterocycles. The van der Waals surface area contributed by atoms with Crippen LogP contribution in [-0.4, -0.2) is 30.6 Å². The Kier molecular flexibility index (Phi) is 33.9. The molecule has 5 unspecified atom stereocenters. The Balaban J connectivity index is -0.000000305. The minimum absolute atomic E-state index is 0.242. The average molecular weight is 715 g/mol. The zero-order valence-electron chi connectivity index (χ0n) is 37.9. The van der Waals surface area contributed by atoms with Crippen molar-refractivity contribution in [1.82, 2.24) is 15.5 Å². The molecule has 0 aromatic heterocycles. The Hall–Kier alpha value is -2.36. The maximum absolute atomic E-state index is 5.58. The van der Waals surface area contributed by atoms with Crippen molar-refractivity contribution in [2.24, 2.45) is 40.7 Å². The van der Waals surface area contributed by atoms with Crippen LogP contribution < -0.4 is 16.4 Å². The monoisotopic (exact) mass is 715 g/mol. The van der Waals surface area contributed by atoms with Crippen LogP contribution in [0.15, 0.2) is 73.4 Å². The van der Waals surface area contributed by atoms with Crippen molar-refractivity contribution in [3.63, 3.8) is 0 Å². The van der Waals surface area contributed by atoms with Crippen molar-refractivity contribution in [2.45, 2.75) is 181 Å². The number of nitrogens with two attached hydrogens (primary N) is 1. The first-order valence-electron chi connectivity index (χ1n) is 20.8. The summed E-state index contributed by atoms with van der Waals surface area (Å²) in [6.45, 7) is 59.7. The van der Waals surface area contributed by atoms with Crippen LogP contribution in [0.2, 0.25) is 0 Å². The quantitative estimate of drug-likeness (QED) is 0.110. The van der Waals surface area contributed by atoms with Crippen molar-refractivity contribution in [1.29, 1.82) is 0 Å². The molecule has 0 aromatic rings. The third-order valence-corrected chi connectivity index (χ3v) is 10.0. The number of rotatable bonds is 16. The Bertz CT molecular complexity index is 961. The molecular weight excluding hydrogens is 621 g/mol. The summed E-state index contributed by atoms with van der Waals surface area (Å²) in [6, 6.07) is 0.974. The van der Waals surface area contributed by atoms with Crippen molar-refractivity contribution in [2.75, 3.05) is 13.6 Å². The summed E-state index contributed by atoms with van der Waals surface area (Å²) in [7, 11) is 1.92. The third kappa shape index (κ3) is 25.3. The summed E-state index contributed by atoms with van der Waals surface area (Å²) in [5, 5.41) is 6.62. The van der Waals surface area contributed by atoms with Crippen LogP contribution in [0.25, 0.3) is 0 Å². The van der Waals surface area contributed by atoms with Crippen molar-refractivity contribution in [3.05, 3.63) is 73.4 Å². The maximum Gasteiger partial charge on any atom is 0.0497 e. The van der Waals surface area contributed by atoms with Gasteiger partial charge in [0.05, 0.1) is 0 Å². The molecule has 2 fully saturated rings. The van der Waals surface area contributed by atoms with E-state index in [9.17, 15) is 0 Å². The molecule has 1 aliphatic carbocycles. The van der Waals surface area contributed by atoms with E-state index in [1.807, 2.05) is 48.6 Å². The van der Waals surface area contributed by atoms with Gasteiger partial charge in [0.15, 0.2) is 0 Å². The van der Waals surface area contributed by atoms with Gasteiger partial charge >= 0.3 is 0 Å². The largest absolute Gasteiger partial charge is 0.399 e. The summed E-state index contributed by atoms with van der Waals surface area (Å²) in [6.07, 6.45) is 10.9. The van der Waals surface area contributed by atoms with E-state index in [2.05, 4.69) is 124 Å². The van der Waals surface area contributed by atoms with Crippen molar-refractivity contribution < 1.29 is 0 Å². The van der Waals surface area contributed by atoms with Crippen LogP contribution in [0, 0.1) is 35.0 Å². The minimum Gasteiger partial charge on any atom is -0.399 e. The average Bonchev–Trinajstić information content (AvgIpc) is 3.48. The number of allylic oxidation sites excluding steroid dienone is 4. The Morgan fingerprint density at radius 2 is 1.39 bits per heavy atom. The SMILES string of the molecule is C=C(C)C1CC(C)CN1C(=C)CC(C)C(C)C.C=C(CCC(NC(=C)CC)C(C)(C)C)NC.C=C(N)C(=C)C(C)CC1CCC1.CC.CC.CC. The highest BCUT2D eigenvalue weighted by molar-refractivity contribution is 5.24. The summed E-state index contributed by atoms with van der Waals surface area (Å²) in [5.74, 6) is 3.66. The fraction of sp³-hybridized carbons (Fsp3) is 0.745. The van der Waals surface area contributed by atoms with Crippen LogP contribution in [-0.2, 0) is 0 Å². The minimum atomic E-state index is 0.242. The molecule has 302 valence electrons. The molecule has 1 saturated carbocycles. The highest BCUT2D eigenvalue weighted by atomic mass is 15.2. The fourth-order valence-corrected chi connectivity index (χ4v) is 5.79. The lowest BCUT2D eigenvalue weighted by Gasteiger charge is -2.33. The number of hydrogen-bond donors (Lipinski definition) is 3. The Morgan fingerprint density at radius 1 is 0.882 bits per heavy atom. The molecule has 4 nitrogen and oxygen atoms in total. The van der Waals surface area contributed by atoms with Gasteiger partial charge in [-0.1, -0.05) is 168 Å². The summed E-state index contributed by atoms with van der Waals surface area (Å²) < 4.78 is 0. The van der Waals surface area contributed by atoms with Gasteiger partial charge in [-0.3, -0.25) is 0 Å². The molecule has 1 heterocycles. The molecule has 5 atom stereocenters. The van der Waals surface area contributed by atoms with Gasteiger partial charge in [0.25, 0.3) is 0 Å². The van der Waals surface area contributed by atoms with Crippen molar-refractivity contribution in [3.8, 4) is 0 Å². The molecule has 0 aromatic carbocycles. The van der Waals surface area contributed by atoms with E-state index < -0.39 is 0 Å². The Morgan fingerprint density at radius 3 is 1.75 bits per heavy atom. The smallest absolute Gasteiger partial charge is 0.0497 e. The Labute approximate surface area is 323 Å². The van der Waals surface area contributed by atoms with Gasteiger partial charge in [-0.15, -0.1) is 0 Å². The van der Waals surface area contributed by atoms with Crippen LogP contribution in [0.4, 0.5) is 0 Å². The van der Waals surface area contributed by atoms with Crippen molar-refractivity contribution >= 4 is 0 Å². The van der Waals surface area contributed by atoms with Crippen LogP contribution >= 0.6 is 0 Å². The van der Waals surface area contributed by atoms with Gasteiger partial charge in [0.1, 0.15) is 0 Å². The number of hydrogen-bond acceptors (Lipinski definition) is 4. The summed E-state index contributed by atoms with van der Waals surface area (Å²) >= 11 is 0. The topological polar surface area (TPSA) is 53.3 Å². The normalized spacial score (nSPS) is 17.9. The first-order valence-corrected chi connectivity index (χ1v) is 20.8. The lowest BCUT2D eigenvalue weighted by molar-refractivity contribution is 0.268. The van der Waals surface area contributed by atoms with E-state index in [1.54, 1.807) is 0 Å². The lowest BCUT2D eigenvalue weighted by Crippen LogP contribution is -2.39. The molecule has 0 amide bonds. The van der Waals surface area contributed by atoms with Gasteiger partial charge in [-0.2, -0.15) is 0 Å². The molecule has 4 N–H and O–H groups in total. The van der Waals surface area contributed by atoms with E-state index in [-0.39, 0.29) is 5.41 Å². The molecule has 51 heavy (non-hydrogen) atoms. The van der Waals surface area contributed by atoms with E-state index in [4.69, 9.17) is 5.73 Å². The standard InChI is InChI=1S/C16H29N.C14H28N2.C11H19N.3C2H6/c1-11(2)14(6)9-15(7)17-10-13(5)8-16(17)12(3)4;1-8-11(2)16-13(14(4,5)6)10-9-12(3)15-7;1-8(9(2)10(3)12)7-11-5-4-6-11;3*1-2/h11,13-14,16H,3,7-10H2,1-2,4-6H3;13,15-16H,2-3,8-10H2,1,4-7H3;8,11H,2-7,12H2,1H3;3*1-2H3. The number of likely N-dealkylation sites (tertiary alicyclic amines) is 1. The number of nitrogens with one attached hydrogen (secondary N) is 2. The van der Waals surface area contributed by atoms with Crippen LogP contribution in [0.1, 0.15) is 169 Å². The summed E-state index contributed by atoms with van der Waals surface area (Å²) in [5.41, 5.74) is 12.3. The van der Waals surface area contributed by atoms with E-state index in [0.29, 0.717) is 29.6 Å². The van der Waals surface area contributed by atoms with Crippen LogP contribution in [0.5, 0.6) is 0 Å². The van der Waals surface area contributed by atoms with E-state index >= 15 is 0 Å². The van der Waals surface area contributed by atoms with Gasteiger partial charge in [-0.05, 0) is 86.0 Å². The zero-order chi connectivity index (χ0) is 41.1. The highest BCUT2D eigenvalue weighted by Gasteiger charge is 2.31. The van der Waals surface area contributed by atoms with E-state index in [1.165, 1.54) is 43.4 Å². The number of nitrogens with zero attached hydrogens (tertiary/aromatic N) is 1. The molecule has 2 aliphatic rings. The molecular formula is C47H94N4. The van der Waals surface area contributed by atoms with Gasteiger partial charge < -0.3 is 21.3 Å². The first kappa shape index (κ1) is 55.4. The molecule has 1 saturated heterocycles. The molecule has 0 radical (unpaired) electrons. The molecule has 0 bridgehead atoms. The van der Waals surface area contributed by atoms with Gasteiger partial charge in [0.2, 0.25) is 0 Å². The molecule has 2 rings (SSSR count). The lowest BCUT2D eigenvalue weighted by atomic mass is 9.77. The predicted octanol–water partition coefficient (Wildman–Crippen LogP) is 13.8. The maximum atomic E-state index is 5.58. The third-order valence-electron chi connectivity index (χ3n) is 10.0. The predicted molar refractivity (Wildman–Crippen MR) is 238 cm³/mol. The second-order valence-electron chi connectivity index (χ2n) is 15.7. The highest BCUT2D eigenvalue weighted by Crippen LogP contribution is 2.35. The second kappa shape index (κ2) is 31.2. The van der Waals surface area contributed by atoms with Gasteiger partial charge in [-0.25, -0.2) is 0 Å². The molecule has 4 heteroatoms. The summed E-state index contributed by atoms with van der Waals surface area (Å²) in [4.78, 5) is 2.49. The first-order chi connectivity index (χ1) is 23.7.